The number of carbonyl (C=O) groups excluding carboxylic acids is 1. The molecular formula is C8H5F3N4O3. The Morgan fingerprint density at radius 1 is 1.44 bits per heavy atom. The van der Waals surface area contributed by atoms with Crippen LogP contribution in [0.5, 0.6) is 0 Å². The van der Waals surface area contributed by atoms with Crippen molar-refractivity contribution in [1.82, 2.24) is 14.6 Å². The number of halogens is 3. The third-order valence-electron chi connectivity index (χ3n) is 2.06. The number of nitrogens with zero attached hydrogens (tertiary/aromatic N) is 2. The highest BCUT2D eigenvalue weighted by Gasteiger charge is 2.39. The van der Waals surface area contributed by atoms with Crippen LogP contribution >= 0.6 is 0 Å². The molecule has 0 aliphatic rings. The molecule has 0 saturated carbocycles. The summed E-state index contributed by atoms with van der Waals surface area (Å²) in [7, 11) is 0. The molecule has 0 aliphatic heterocycles. The van der Waals surface area contributed by atoms with Gasteiger partial charge in [0, 0.05) is 12.4 Å². The number of carboxylic acid groups (broad SMARTS) is 1. The molecular weight excluding hydrogens is 257 g/mol. The van der Waals surface area contributed by atoms with Crippen LogP contribution in [0.15, 0.2) is 12.4 Å². The average Bonchev–Trinajstić information content (AvgIpc) is 2.74. The predicted molar refractivity (Wildman–Crippen MR) is 51.2 cm³/mol. The zero-order chi connectivity index (χ0) is 13.5. The summed E-state index contributed by atoms with van der Waals surface area (Å²) in [4.78, 5) is 25.3. The Kier molecular flexibility index (Phi) is 2.49. The topological polar surface area (TPSA) is 99.5 Å². The number of hydrogen-bond donors (Lipinski definition) is 3. The molecule has 0 bridgehead atoms. The Hall–Kier alpha value is -2.52. The molecule has 1 amide bonds. The van der Waals surface area contributed by atoms with Crippen molar-refractivity contribution in [2.24, 2.45) is 0 Å². The van der Waals surface area contributed by atoms with Gasteiger partial charge in [-0.05, 0) is 0 Å². The second kappa shape index (κ2) is 3.75. The average molecular weight is 262 g/mol. The monoisotopic (exact) mass is 262 g/mol. The van der Waals surface area contributed by atoms with Gasteiger partial charge < -0.3 is 10.4 Å². The van der Waals surface area contributed by atoms with Gasteiger partial charge in [0.05, 0.1) is 0 Å². The van der Waals surface area contributed by atoms with Gasteiger partial charge in [0.15, 0.2) is 5.65 Å². The maximum Gasteiger partial charge on any atom is 0.471 e. The molecule has 0 atom stereocenters. The summed E-state index contributed by atoms with van der Waals surface area (Å²) >= 11 is 0. The van der Waals surface area contributed by atoms with Gasteiger partial charge in [0.1, 0.15) is 11.4 Å². The Morgan fingerprint density at radius 2 is 2.11 bits per heavy atom. The van der Waals surface area contributed by atoms with E-state index in [-0.39, 0.29) is 5.65 Å². The third-order valence-corrected chi connectivity index (χ3v) is 2.06. The van der Waals surface area contributed by atoms with Crippen LogP contribution in [0.1, 0.15) is 10.4 Å². The molecule has 0 spiro atoms. The van der Waals surface area contributed by atoms with Crippen LogP contribution in [0, 0.1) is 0 Å². The largest absolute Gasteiger partial charge is 0.477 e. The molecule has 96 valence electrons. The number of H-pyrrole nitrogens is 1. The van der Waals surface area contributed by atoms with E-state index >= 15 is 0 Å². The SMILES string of the molecule is O=C(O)c1c(NC(=O)C(F)(F)F)[nH]n2ccnc12. The van der Waals surface area contributed by atoms with Crippen molar-refractivity contribution < 1.29 is 27.9 Å². The molecule has 2 rings (SSSR count). The number of nitrogens with one attached hydrogen (secondary N) is 2. The summed E-state index contributed by atoms with van der Waals surface area (Å²) in [6.07, 6.45) is -2.55. The van der Waals surface area contributed by atoms with Crippen LogP contribution < -0.4 is 5.32 Å². The second-order valence-electron chi connectivity index (χ2n) is 3.24. The molecule has 10 heteroatoms. The number of aromatic amines is 1. The zero-order valence-corrected chi connectivity index (χ0v) is 8.45. The highest BCUT2D eigenvalue weighted by molar-refractivity contribution is 6.05. The number of rotatable bonds is 2. The van der Waals surface area contributed by atoms with Gasteiger partial charge in [-0.25, -0.2) is 14.3 Å². The van der Waals surface area contributed by atoms with Crippen LogP contribution in [-0.2, 0) is 4.79 Å². The number of imidazole rings is 1. The van der Waals surface area contributed by atoms with Crippen molar-refractivity contribution in [2.45, 2.75) is 6.18 Å². The first-order chi connectivity index (χ1) is 8.30. The minimum Gasteiger partial charge on any atom is -0.477 e. The van der Waals surface area contributed by atoms with E-state index in [1.54, 1.807) is 0 Å². The summed E-state index contributed by atoms with van der Waals surface area (Å²) in [6.45, 7) is 0. The molecule has 0 radical (unpaired) electrons. The van der Waals surface area contributed by atoms with Gasteiger partial charge in [0.25, 0.3) is 0 Å². The molecule has 2 aromatic heterocycles. The lowest BCUT2D eigenvalue weighted by atomic mass is 10.3. The number of aromatic carboxylic acids is 1. The van der Waals surface area contributed by atoms with Gasteiger partial charge in [-0.1, -0.05) is 0 Å². The normalized spacial score (nSPS) is 11.7. The van der Waals surface area contributed by atoms with Crippen molar-refractivity contribution in [3.63, 3.8) is 0 Å². The Labute approximate surface area is 96.2 Å². The van der Waals surface area contributed by atoms with Gasteiger partial charge in [-0.2, -0.15) is 13.2 Å². The van der Waals surface area contributed by atoms with E-state index in [9.17, 15) is 22.8 Å². The van der Waals surface area contributed by atoms with Crippen LogP contribution in [0.3, 0.4) is 0 Å². The van der Waals surface area contributed by atoms with Crippen molar-refractivity contribution in [1.29, 1.82) is 0 Å². The first-order valence-electron chi connectivity index (χ1n) is 4.47. The van der Waals surface area contributed by atoms with Crippen molar-refractivity contribution in [3.05, 3.63) is 18.0 Å². The number of amides is 1. The molecule has 3 N–H and O–H groups in total. The minimum absolute atomic E-state index is 0.0972. The number of hydrogen-bond acceptors (Lipinski definition) is 3. The lowest BCUT2D eigenvalue weighted by Gasteiger charge is -2.06. The standard InChI is InChI=1S/C8H5F3N4O3/c9-8(10,11)7(18)13-4-3(6(16)17)5-12-1-2-15(5)14-4/h1-2,14H,(H,13,18)(H,16,17). The molecule has 0 fully saturated rings. The molecule has 18 heavy (non-hydrogen) atoms. The highest BCUT2D eigenvalue weighted by atomic mass is 19.4. The van der Waals surface area contributed by atoms with Crippen LogP contribution in [-0.4, -0.2) is 37.8 Å². The van der Waals surface area contributed by atoms with Gasteiger partial charge >= 0.3 is 18.1 Å². The fourth-order valence-electron chi connectivity index (χ4n) is 1.34. The van der Waals surface area contributed by atoms with Crippen LogP contribution in [0.25, 0.3) is 5.65 Å². The molecule has 2 aromatic rings. The first kappa shape index (κ1) is 12.0. The lowest BCUT2D eigenvalue weighted by molar-refractivity contribution is -0.167. The van der Waals surface area contributed by atoms with Crippen molar-refractivity contribution in [2.75, 3.05) is 5.32 Å². The van der Waals surface area contributed by atoms with Gasteiger partial charge in [-0.3, -0.25) is 9.89 Å². The third kappa shape index (κ3) is 1.87. The maximum atomic E-state index is 12.1. The smallest absolute Gasteiger partial charge is 0.471 e. The first-order valence-corrected chi connectivity index (χ1v) is 4.47. The summed E-state index contributed by atoms with van der Waals surface area (Å²) < 4.78 is 37.2. The number of aromatic nitrogens is 3. The Balaban J connectivity index is 2.45. The molecule has 7 nitrogen and oxygen atoms in total. The maximum absolute atomic E-state index is 12.1. The van der Waals surface area contributed by atoms with Crippen LogP contribution in [0.2, 0.25) is 0 Å². The van der Waals surface area contributed by atoms with Crippen LogP contribution in [0.4, 0.5) is 19.0 Å². The molecule has 0 aromatic carbocycles. The number of anilines is 1. The minimum atomic E-state index is -5.11. The second-order valence-corrected chi connectivity index (χ2v) is 3.24. The molecule has 0 unspecified atom stereocenters. The zero-order valence-electron chi connectivity index (χ0n) is 8.45. The summed E-state index contributed by atoms with van der Waals surface area (Å²) in [5, 5.41) is 12.6. The summed E-state index contributed by atoms with van der Waals surface area (Å²) in [6, 6.07) is 0. The number of alkyl halides is 3. The highest BCUT2D eigenvalue weighted by Crippen LogP contribution is 2.22. The molecule has 0 saturated heterocycles. The Morgan fingerprint density at radius 3 is 2.67 bits per heavy atom. The van der Waals surface area contributed by atoms with E-state index in [4.69, 9.17) is 5.11 Å². The van der Waals surface area contributed by atoms with Crippen molar-refractivity contribution in [3.8, 4) is 0 Å². The van der Waals surface area contributed by atoms with Crippen molar-refractivity contribution >= 4 is 23.3 Å². The number of carbonyl (C=O) groups is 2. The fourth-order valence-corrected chi connectivity index (χ4v) is 1.34. The van der Waals surface area contributed by atoms with E-state index in [0.717, 1.165) is 4.52 Å². The molecule has 0 aliphatic carbocycles. The van der Waals surface area contributed by atoms with Gasteiger partial charge in [-0.15, -0.1) is 0 Å². The van der Waals surface area contributed by atoms with E-state index in [1.165, 1.54) is 17.7 Å². The summed E-state index contributed by atoms with van der Waals surface area (Å²) in [5.41, 5.74) is -0.641. The van der Waals surface area contributed by atoms with Gasteiger partial charge in [0.2, 0.25) is 0 Å². The summed E-state index contributed by atoms with van der Waals surface area (Å²) in [5.74, 6) is -4.35. The Bertz CT molecular complexity index is 627. The van der Waals surface area contributed by atoms with E-state index in [1.807, 2.05) is 0 Å². The van der Waals surface area contributed by atoms with E-state index < -0.39 is 29.4 Å². The lowest BCUT2D eigenvalue weighted by Crippen LogP contribution is -2.30. The van der Waals surface area contributed by atoms with E-state index in [2.05, 4.69) is 10.1 Å². The van der Waals surface area contributed by atoms with E-state index in [0.29, 0.717) is 0 Å². The molecule has 2 heterocycles. The number of carboxylic acids is 1. The number of fused-ring (bicyclic) bond motifs is 1. The predicted octanol–water partition coefficient (Wildman–Crippen LogP) is 0.861. The fraction of sp³-hybridized carbons (Fsp3) is 0.125. The quantitative estimate of drug-likeness (QED) is 0.747.